The summed E-state index contributed by atoms with van der Waals surface area (Å²) in [5.41, 5.74) is 7.09. The zero-order valence-electron chi connectivity index (χ0n) is 12.2. The molecular formula is C14H20N6O. The van der Waals surface area contributed by atoms with E-state index in [0.29, 0.717) is 18.2 Å². The third-order valence-electron chi connectivity index (χ3n) is 3.17. The smallest absolute Gasteiger partial charge is 0.228 e. The first-order valence-electron chi connectivity index (χ1n) is 6.95. The van der Waals surface area contributed by atoms with Gasteiger partial charge in [0.25, 0.3) is 0 Å². The third kappa shape index (κ3) is 3.85. The molecule has 1 atom stereocenters. The highest BCUT2D eigenvalue weighted by molar-refractivity contribution is 5.94. The normalized spacial score (nSPS) is 12.4. The summed E-state index contributed by atoms with van der Waals surface area (Å²) in [5.74, 6) is 0.137. The molecule has 112 valence electrons. The van der Waals surface area contributed by atoms with Crippen LogP contribution in [0.15, 0.2) is 30.6 Å². The topological polar surface area (TPSA) is 98.7 Å². The lowest BCUT2D eigenvalue weighted by Gasteiger charge is -2.18. The van der Waals surface area contributed by atoms with Crippen LogP contribution in [-0.4, -0.2) is 32.7 Å². The minimum atomic E-state index is -0.202. The number of nitrogens with one attached hydrogen (secondary N) is 1. The number of carbonyl (C=O) groups is 1. The van der Waals surface area contributed by atoms with Crippen LogP contribution in [-0.2, 0) is 4.79 Å². The number of nitrogens with two attached hydrogens (primary N) is 1. The van der Waals surface area contributed by atoms with Gasteiger partial charge in [-0.25, -0.2) is 0 Å². The maximum Gasteiger partial charge on any atom is 0.228 e. The highest BCUT2D eigenvalue weighted by atomic mass is 16.1. The number of rotatable bonds is 6. The molecule has 7 heteroatoms. The Morgan fingerprint density at radius 3 is 2.76 bits per heavy atom. The molecule has 7 nitrogen and oxygen atoms in total. The second-order valence-corrected chi connectivity index (χ2v) is 5.32. The molecule has 0 aliphatic carbocycles. The predicted molar refractivity (Wildman–Crippen MR) is 79.8 cm³/mol. The number of tetrazole rings is 1. The summed E-state index contributed by atoms with van der Waals surface area (Å²) in [5, 5.41) is 14.0. The van der Waals surface area contributed by atoms with E-state index in [-0.39, 0.29) is 11.8 Å². The maximum absolute atomic E-state index is 12.3. The van der Waals surface area contributed by atoms with Crippen molar-refractivity contribution in [2.45, 2.75) is 20.3 Å². The average molecular weight is 288 g/mol. The second-order valence-electron chi connectivity index (χ2n) is 5.32. The van der Waals surface area contributed by atoms with Crippen LogP contribution < -0.4 is 11.1 Å². The van der Waals surface area contributed by atoms with Crippen LogP contribution in [0.1, 0.15) is 20.3 Å². The van der Waals surface area contributed by atoms with Crippen molar-refractivity contribution < 1.29 is 4.79 Å². The minimum absolute atomic E-state index is 0.0771. The standard InChI is InChI=1S/C14H20N6O/c1-10(2)7-11(8-15)14(21)17-12-5-3-4-6-13(12)20-9-16-18-19-20/h3-6,9-11H,7-8,15H2,1-2H3,(H,17,21). The van der Waals surface area contributed by atoms with Gasteiger partial charge in [0.15, 0.2) is 0 Å². The molecule has 0 bridgehead atoms. The SMILES string of the molecule is CC(C)CC(CN)C(=O)Nc1ccccc1-n1cnnn1. The van der Waals surface area contributed by atoms with Gasteiger partial charge in [-0.1, -0.05) is 26.0 Å². The van der Waals surface area contributed by atoms with Crippen LogP contribution in [0.5, 0.6) is 0 Å². The van der Waals surface area contributed by atoms with Gasteiger partial charge in [-0.3, -0.25) is 4.79 Å². The van der Waals surface area contributed by atoms with E-state index >= 15 is 0 Å². The molecule has 0 saturated carbocycles. The molecule has 0 saturated heterocycles. The molecule has 21 heavy (non-hydrogen) atoms. The quantitative estimate of drug-likeness (QED) is 0.832. The van der Waals surface area contributed by atoms with Gasteiger partial charge < -0.3 is 11.1 Å². The van der Waals surface area contributed by atoms with Gasteiger partial charge in [0.2, 0.25) is 5.91 Å². The lowest BCUT2D eigenvalue weighted by atomic mass is 9.96. The molecule has 0 spiro atoms. The number of aromatic nitrogens is 4. The molecule has 0 aliphatic heterocycles. The summed E-state index contributed by atoms with van der Waals surface area (Å²) in [6.07, 6.45) is 2.24. The number of hydrogen-bond donors (Lipinski definition) is 2. The van der Waals surface area contributed by atoms with E-state index in [1.54, 1.807) is 0 Å². The van der Waals surface area contributed by atoms with E-state index in [1.807, 2.05) is 24.3 Å². The van der Waals surface area contributed by atoms with Crippen LogP contribution >= 0.6 is 0 Å². The fourth-order valence-electron chi connectivity index (χ4n) is 2.16. The Bertz CT molecular complexity index is 581. The number of para-hydroxylation sites is 2. The van der Waals surface area contributed by atoms with Crippen molar-refractivity contribution in [3.63, 3.8) is 0 Å². The fraction of sp³-hybridized carbons (Fsp3) is 0.429. The zero-order valence-corrected chi connectivity index (χ0v) is 12.2. The van der Waals surface area contributed by atoms with Gasteiger partial charge in [0, 0.05) is 6.54 Å². The number of anilines is 1. The van der Waals surface area contributed by atoms with E-state index in [2.05, 4.69) is 34.7 Å². The summed E-state index contributed by atoms with van der Waals surface area (Å²) >= 11 is 0. The highest BCUT2D eigenvalue weighted by Gasteiger charge is 2.19. The van der Waals surface area contributed by atoms with Crippen molar-refractivity contribution in [2.24, 2.45) is 17.6 Å². The Labute approximate surface area is 123 Å². The molecule has 0 aliphatic rings. The molecular weight excluding hydrogens is 268 g/mol. The van der Waals surface area contributed by atoms with Crippen molar-refractivity contribution in [3.05, 3.63) is 30.6 Å². The van der Waals surface area contributed by atoms with E-state index in [9.17, 15) is 4.79 Å². The Hall–Kier alpha value is -2.28. The number of hydrogen-bond acceptors (Lipinski definition) is 5. The highest BCUT2D eigenvalue weighted by Crippen LogP contribution is 2.20. The summed E-state index contributed by atoms with van der Waals surface area (Å²) in [6.45, 7) is 4.48. The fourth-order valence-corrected chi connectivity index (χ4v) is 2.16. The Morgan fingerprint density at radius 1 is 1.38 bits per heavy atom. The molecule has 0 fully saturated rings. The van der Waals surface area contributed by atoms with Crippen molar-refractivity contribution in [1.82, 2.24) is 20.2 Å². The molecule has 2 aromatic rings. The van der Waals surface area contributed by atoms with E-state index in [0.717, 1.165) is 12.1 Å². The maximum atomic E-state index is 12.3. The van der Waals surface area contributed by atoms with Crippen LogP contribution in [0.4, 0.5) is 5.69 Å². The average Bonchev–Trinajstić information content (AvgIpc) is 2.99. The monoisotopic (exact) mass is 288 g/mol. The summed E-state index contributed by atoms with van der Waals surface area (Å²) in [6, 6.07) is 7.37. The third-order valence-corrected chi connectivity index (χ3v) is 3.17. The summed E-state index contributed by atoms with van der Waals surface area (Å²) in [7, 11) is 0. The number of benzene rings is 1. The van der Waals surface area contributed by atoms with Gasteiger partial charge >= 0.3 is 0 Å². The van der Waals surface area contributed by atoms with Gasteiger partial charge in [0.1, 0.15) is 6.33 Å². The first-order chi connectivity index (χ1) is 10.1. The van der Waals surface area contributed by atoms with E-state index in [1.165, 1.54) is 11.0 Å². The molecule has 1 aromatic carbocycles. The van der Waals surface area contributed by atoms with Crippen molar-refractivity contribution in [3.8, 4) is 5.69 Å². The molecule has 1 unspecified atom stereocenters. The Balaban J connectivity index is 2.18. The van der Waals surface area contributed by atoms with Crippen molar-refractivity contribution >= 4 is 11.6 Å². The van der Waals surface area contributed by atoms with Crippen LogP contribution in [0.2, 0.25) is 0 Å². The number of amides is 1. The molecule has 1 amide bonds. The second kappa shape index (κ2) is 6.94. The number of nitrogens with zero attached hydrogens (tertiary/aromatic N) is 4. The van der Waals surface area contributed by atoms with Gasteiger partial charge in [-0.2, -0.15) is 4.68 Å². The van der Waals surface area contributed by atoms with E-state index < -0.39 is 0 Å². The summed E-state index contributed by atoms with van der Waals surface area (Å²) in [4.78, 5) is 12.3. The molecule has 1 heterocycles. The van der Waals surface area contributed by atoms with Gasteiger partial charge in [0.05, 0.1) is 17.3 Å². The summed E-state index contributed by atoms with van der Waals surface area (Å²) < 4.78 is 1.51. The first-order valence-corrected chi connectivity index (χ1v) is 6.95. The lowest BCUT2D eigenvalue weighted by molar-refractivity contribution is -0.120. The molecule has 1 aromatic heterocycles. The van der Waals surface area contributed by atoms with E-state index in [4.69, 9.17) is 5.73 Å². The Morgan fingerprint density at radius 2 is 2.14 bits per heavy atom. The zero-order chi connectivity index (χ0) is 15.2. The van der Waals surface area contributed by atoms with Crippen LogP contribution in [0.3, 0.4) is 0 Å². The largest absolute Gasteiger partial charge is 0.330 e. The van der Waals surface area contributed by atoms with Crippen molar-refractivity contribution in [1.29, 1.82) is 0 Å². The molecule has 2 rings (SSSR count). The predicted octanol–water partition coefficient (Wildman–Crippen LogP) is 1.22. The van der Waals surface area contributed by atoms with Crippen LogP contribution in [0.25, 0.3) is 5.69 Å². The van der Waals surface area contributed by atoms with Gasteiger partial charge in [-0.15, -0.1) is 5.10 Å². The first kappa shape index (κ1) is 15.1. The van der Waals surface area contributed by atoms with Crippen molar-refractivity contribution in [2.75, 3.05) is 11.9 Å². The molecule has 0 radical (unpaired) electrons. The number of carbonyl (C=O) groups excluding carboxylic acids is 1. The van der Waals surface area contributed by atoms with Gasteiger partial charge in [-0.05, 0) is 34.9 Å². The van der Waals surface area contributed by atoms with Crippen LogP contribution in [0, 0.1) is 11.8 Å². The molecule has 3 N–H and O–H groups in total. The lowest BCUT2D eigenvalue weighted by Crippen LogP contribution is -2.30. The Kier molecular flexibility index (Phi) is 4.99. The minimum Gasteiger partial charge on any atom is -0.330 e.